The van der Waals surface area contributed by atoms with Crippen molar-refractivity contribution in [2.45, 2.75) is 18.7 Å². The van der Waals surface area contributed by atoms with Crippen LogP contribution in [0.5, 0.6) is 0 Å². The number of aryl methyl sites for hydroxylation is 2. The molecule has 0 atom stereocenters. The Labute approximate surface area is 155 Å². The third-order valence-electron chi connectivity index (χ3n) is 3.79. The zero-order valence-electron chi connectivity index (χ0n) is 15.7. The highest BCUT2D eigenvalue weighted by Gasteiger charge is 2.19. The number of likely N-dealkylation sites (N-methyl/N-ethyl adjacent to an activating group) is 1. The van der Waals surface area contributed by atoms with Gasteiger partial charge in [-0.15, -0.1) is 4.40 Å². The highest BCUT2D eigenvalue weighted by Crippen LogP contribution is 2.22. The molecule has 2 aromatic rings. The van der Waals surface area contributed by atoms with Gasteiger partial charge in [-0.1, -0.05) is 47.5 Å². The van der Waals surface area contributed by atoms with E-state index < -0.39 is 10.0 Å². The second-order valence-corrected chi connectivity index (χ2v) is 7.83. The molecule has 0 aliphatic rings. The Morgan fingerprint density at radius 3 is 1.92 bits per heavy atom. The quantitative estimate of drug-likeness (QED) is 0.457. The molecule has 0 saturated heterocycles. The topological polar surface area (TPSA) is 59.0 Å². The minimum Gasteiger partial charge on any atom is -0.504 e. The number of sulfonamides is 1. The van der Waals surface area contributed by atoms with E-state index in [1.807, 2.05) is 38.1 Å². The molecule has 5 nitrogen and oxygen atoms in total. The van der Waals surface area contributed by atoms with Crippen LogP contribution in [0.15, 0.2) is 64.1 Å². The summed E-state index contributed by atoms with van der Waals surface area (Å²) in [4.78, 5) is 1.82. The minimum atomic E-state index is -3.85. The van der Waals surface area contributed by atoms with Gasteiger partial charge in [-0.3, -0.25) is 0 Å². The number of nitrogens with zero attached hydrogens (tertiary/aromatic N) is 2. The molecule has 2 aromatic carbocycles. The van der Waals surface area contributed by atoms with Crippen molar-refractivity contribution in [1.29, 1.82) is 0 Å². The zero-order chi connectivity index (χ0) is 19.3. The molecule has 0 unspecified atom stereocenters. The van der Waals surface area contributed by atoms with Crippen LogP contribution in [0.2, 0.25) is 0 Å². The Morgan fingerprint density at radius 2 is 1.46 bits per heavy atom. The van der Waals surface area contributed by atoms with E-state index in [0.29, 0.717) is 11.4 Å². The first-order valence-corrected chi connectivity index (χ1v) is 9.58. The van der Waals surface area contributed by atoms with E-state index in [4.69, 9.17) is 4.74 Å². The number of hydrogen-bond acceptors (Lipinski definition) is 3. The molecule has 2 rings (SSSR count). The summed E-state index contributed by atoms with van der Waals surface area (Å²) in [5.41, 5.74) is 3.51. The fourth-order valence-corrected chi connectivity index (χ4v) is 3.42. The lowest BCUT2D eigenvalue weighted by Gasteiger charge is -2.19. The van der Waals surface area contributed by atoms with Gasteiger partial charge in [0.2, 0.25) is 0 Å². The lowest BCUT2D eigenvalue weighted by atomic mass is 10.0. The van der Waals surface area contributed by atoms with Gasteiger partial charge in [0, 0.05) is 14.1 Å². The van der Waals surface area contributed by atoms with Crippen molar-refractivity contribution in [3.63, 3.8) is 0 Å². The summed E-state index contributed by atoms with van der Waals surface area (Å²) >= 11 is 0. The molecule has 0 aromatic heterocycles. The standard InChI is InChI=1S/C20H24N2O3S/c1-15-6-10-17(11-7-15)19(14-25-5)20(22(3)4)21-26(23,24)18-12-8-16(2)9-13-18/h6-14H,1-5H3/b19-14+,21-20+. The second kappa shape index (κ2) is 8.19. The normalized spacial score (nSPS) is 12.8. The average Bonchev–Trinajstić information content (AvgIpc) is 2.59. The Kier molecular flexibility index (Phi) is 6.21. The average molecular weight is 372 g/mol. The molecule has 0 bridgehead atoms. The van der Waals surface area contributed by atoms with Gasteiger partial charge in [-0.05, 0) is 31.5 Å². The Hall–Kier alpha value is -2.60. The van der Waals surface area contributed by atoms with Crippen molar-refractivity contribution in [2.24, 2.45) is 4.40 Å². The summed E-state index contributed by atoms with van der Waals surface area (Å²) in [6, 6.07) is 14.4. The number of methoxy groups -OCH3 is 1. The highest BCUT2D eigenvalue weighted by atomic mass is 32.2. The summed E-state index contributed by atoms with van der Waals surface area (Å²) in [6.07, 6.45) is 1.51. The maximum Gasteiger partial charge on any atom is 0.284 e. The molecule has 0 heterocycles. The summed E-state index contributed by atoms with van der Waals surface area (Å²) in [5, 5.41) is 0. The summed E-state index contributed by atoms with van der Waals surface area (Å²) in [7, 11) is 1.18. The van der Waals surface area contributed by atoms with Crippen LogP contribution >= 0.6 is 0 Å². The largest absolute Gasteiger partial charge is 0.504 e. The lowest BCUT2D eigenvalue weighted by molar-refractivity contribution is 0.340. The van der Waals surface area contributed by atoms with Crippen LogP contribution in [0.1, 0.15) is 16.7 Å². The van der Waals surface area contributed by atoms with Gasteiger partial charge in [-0.2, -0.15) is 8.42 Å². The first kappa shape index (κ1) is 19.7. The van der Waals surface area contributed by atoms with Crippen molar-refractivity contribution >= 4 is 21.4 Å². The van der Waals surface area contributed by atoms with Gasteiger partial charge in [-0.25, -0.2) is 0 Å². The van der Waals surface area contributed by atoms with Crippen LogP contribution in [0, 0.1) is 13.8 Å². The molecule has 0 spiro atoms. The third kappa shape index (κ3) is 4.73. The second-order valence-electron chi connectivity index (χ2n) is 6.23. The van der Waals surface area contributed by atoms with E-state index >= 15 is 0 Å². The molecular formula is C20H24N2O3S. The molecule has 0 aliphatic heterocycles. The van der Waals surface area contributed by atoms with E-state index in [1.54, 1.807) is 43.3 Å². The summed E-state index contributed by atoms with van der Waals surface area (Å²) in [5.74, 6) is 0.302. The minimum absolute atomic E-state index is 0.156. The summed E-state index contributed by atoms with van der Waals surface area (Å²) in [6.45, 7) is 3.90. The molecule has 0 radical (unpaired) electrons. The van der Waals surface area contributed by atoms with Crippen LogP contribution in [0.4, 0.5) is 0 Å². The van der Waals surface area contributed by atoms with Crippen LogP contribution in [-0.2, 0) is 14.8 Å². The first-order chi connectivity index (χ1) is 12.2. The van der Waals surface area contributed by atoms with E-state index in [0.717, 1.165) is 16.7 Å². The zero-order valence-corrected chi connectivity index (χ0v) is 16.5. The smallest absolute Gasteiger partial charge is 0.284 e. The van der Waals surface area contributed by atoms with Gasteiger partial charge >= 0.3 is 0 Å². The molecule has 0 aliphatic carbocycles. The van der Waals surface area contributed by atoms with Crippen molar-refractivity contribution in [2.75, 3.05) is 21.2 Å². The first-order valence-electron chi connectivity index (χ1n) is 8.14. The molecule has 0 saturated carbocycles. The summed E-state index contributed by atoms with van der Waals surface area (Å²) < 4.78 is 34.8. The predicted octanol–water partition coefficient (Wildman–Crippen LogP) is 3.64. The van der Waals surface area contributed by atoms with Gasteiger partial charge < -0.3 is 9.64 Å². The molecule has 0 fully saturated rings. The van der Waals surface area contributed by atoms with Gasteiger partial charge in [0.25, 0.3) is 10.0 Å². The number of benzene rings is 2. The molecule has 0 N–H and O–H groups in total. The lowest BCUT2D eigenvalue weighted by Crippen LogP contribution is -2.25. The van der Waals surface area contributed by atoms with Gasteiger partial charge in [0.1, 0.15) is 0 Å². The number of amidine groups is 1. The Balaban J connectivity index is 2.57. The number of ether oxygens (including phenoxy) is 1. The van der Waals surface area contributed by atoms with Crippen molar-refractivity contribution in [3.05, 3.63) is 71.5 Å². The third-order valence-corrected chi connectivity index (χ3v) is 5.07. The maximum absolute atomic E-state index is 12.8. The van der Waals surface area contributed by atoms with E-state index in [-0.39, 0.29) is 4.90 Å². The predicted molar refractivity (Wildman–Crippen MR) is 106 cm³/mol. The molecular weight excluding hydrogens is 348 g/mol. The van der Waals surface area contributed by atoms with E-state index in [9.17, 15) is 8.42 Å². The molecule has 138 valence electrons. The van der Waals surface area contributed by atoms with Gasteiger partial charge in [0.05, 0.1) is 23.8 Å². The monoisotopic (exact) mass is 372 g/mol. The van der Waals surface area contributed by atoms with Crippen LogP contribution in [-0.4, -0.2) is 40.4 Å². The van der Waals surface area contributed by atoms with E-state index in [2.05, 4.69) is 4.40 Å². The molecule has 6 heteroatoms. The fraction of sp³-hybridized carbons (Fsp3) is 0.250. The molecule has 0 amide bonds. The van der Waals surface area contributed by atoms with Crippen LogP contribution in [0.3, 0.4) is 0 Å². The van der Waals surface area contributed by atoms with Crippen molar-refractivity contribution in [1.82, 2.24) is 4.90 Å². The van der Waals surface area contributed by atoms with Gasteiger partial charge in [0.15, 0.2) is 5.84 Å². The van der Waals surface area contributed by atoms with Crippen LogP contribution < -0.4 is 0 Å². The Morgan fingerprint density at radius 1 is 0.962 bits per heavy atom. The molecule has 26 heavy (non-hydrogen) atoms. The van der Waals surface area contributed by atoms with Crippen molar-refractivity contribution < 1.29 is 13.2 Å². The number of hydrogen-bond donors (Lipinski definition) is 0. The maximum atomic E-state index is 12.8. The van der Waals surface area contributed by atoms with Crippen LogP contribution in [0.25, 0.3) is 5.57 Å². The van der Waals surface area contributed by atoms with Crippen molar-refractivity contribution in [3.8, 4) is 0 Å². The number of rotatable bonds is 5. The SMILES string of the molecule is CO/C=C(/C(=N\S(=O)(=O)c1ccc(C)cc1)N(C)C)c1ccc(C)cc1. The fourth-order valence-electron chi connectivity index (χ4n) is 2.35. The van der Waals surface area contributed by atoms with E-state index in [1.165, 1.54) is 13.4 Å². The Bertz CT molecular complexity index is 911. The highest BCUT2D eigenvalue weighted by molar-refractivity contribution is 7.90.